The molecule has 2 aromatic rings. The Morgan fingerprint density at radius 1 is 1.06 bits per heavy atom. The van der Waals surface area contributed by atoms with Crippen LogP contribution in [0, 0.1) is 15.9 Å². The van der Waals surface area contributed by atoms with Crippen molar-refractivity contribution in [1.29, 1.82) is 0 Å². The zero-order chi connectivity index (χ0) is 22.7. The number of benzene rings is 2. The molecule has 0 spiro atoms. The van der Waals surface area contributed by atoms with Gasteiger partial charge in [-0.3, -0.25) is 24.5 Å². The molecule has 2 N–H and O–H groups in total. The first-order valence-corrected chi connectivity index (χ1v) is 9.21. The number of aliphatic carboxylic acids is 1. The predicted octanol–water partition coefficient (Wildman–Crippen LogP) is 3.02. The molecule has 1 aliphatic heterocycles. The normalized spacial score (nSPS) is 17.7. The van der Waals surface area contributed by atoms with Gasteiger partial charge in [0.15, 0.2) is 0 Å². The van der Waals surface area contributed by atoms with Gasteiger partial charge in [-0.15, -0.1) is 0 Å². The maximum absolute atomic E-state index is 13.2. The van der Waals surface area contributed by atoms with E-state index in [2.05, 4.69) is 0 Å². The molecular formula is C21H17FN2O7. The third kappa shape index (κ3) is 4.42. The number of carbonyl (C=O) groups is 3. The van der Waals surface area contributed by atoms with Gasteiger partial charge in [0, 0.05) is 30.7 Å². The van der Waals surface area contributed by atoms with Gasteiger partial charge in [0.25, 0.3) is 17.4 Å². The summed E-state index contributed by atoms with van der Waals surface area (Å²) in [4.78, 5) is 47.7. The quantitative estimate of drug-likeness (QED) is 0.227. The first kappa shape index (κ1) is 21.6. The minimum atomic E-state index is -1.08. The van der Waals surface area contributed by atoms with Gasteiger partial charge < -0.3 is 15.1 Å². The number of aliphatic hydroxyl groups is 1. The van der Waals surface area contributed by atoms with Gasteiger partial charge in [0.1, 0.15) is 11.6 Å². The predicted molar refractivity (Wildman–Crippen MR) is 105 cm³/mol. The van der Waals surface area contributed by atoms with Crippen molar-refractivity contribution in [2.45, 2.75) is 18.9 Å². The van der Waals surface area contributed by atoms with Crippen LogP contribution < -0.4 is 0 Å². The van der Waals surface area contributed by atoms with Crippen LogP contribution in [-0.2, 0) is 14.4 Å². The van der Waals surface area contributed by atoms with E-state index in [1.807, 2.05) is 0 Å². The molecule has 1 heterocycles. The topological polar surface area (TPSA) is 138 Å². The van der Waals surface area contributed by atoms with Crippen molar-refractivity contribution < 1.29 is 33.9 Å². The number of rotatable bonds is 7. The van der Waals surface area contributed by atoms with Crippen molar-refractivity contribution >= 4 is 29.1 Å². The zero-order valence-corrected chi connectivity index (χ0v) is 16.0. The molecule has 31 heavy (non-hydrogen) atoms. The number of amides is 1. The lowest BCUT2D eigenvalue weighted by molar-refractivity contribution is -0.384. The highest BCUT2D eigenvalue weighted by Gasteiger charge is 2.45. The first-order valence-electron chi connectivity index (χ1n) is 9.21. The molecule has 1 aliphatic rings. The molecule has 9 nitrogen and oxygen atoms in total. The summed E-state index contributed by atoms with van der Waals surface area (Å²) in [6.45, 7) is -0.0846. The van der Waals surface area contributed by atoms with Crippen molar-refractivity contribution in [3.8, 4) is 0 Å². The third-order valence-corrected chi connectivity index (χ3v) is 4.87. The second-order valence-corrected chi connectivity index (χ2v) is 6.85. The lowest BCUT2D eigenvalue weighted by Gasteiger charge is -2.25. The molecule has 0 aliphatic carbocycles. The maximum atomic E-state index is 13.2. The molecule has 10 heteroatoms. The summed E-state index contributed by atoms with van der Waals surface area (Å²) in [5, 5.41) is 30.6. The lowest BCUT2D eigenvalue weighted by Crippen LogP contribution is -2.31. The van der Waals surface area contributed by atoms with Gasteiger partial charge in [-0.25, -0.2) is 4.39 Å². The van der Waals surface area contributed by atoms with E-state index in [1.165, 1.54) is 36.4 Å². The number of carbonyl (C=O) groups excluding carboxylic acids is 2. The SMILES string of the molecule is O=C(O)CCCN1C(=O)C(=O)C(=C(O)c2ccc(F)cc2)C1c1ccc([N+](=O)[O-])cc1. The van der Waals surface area contributed by atoms with E-state index < -0.39 is 40.2 Å². The van der Waals surface area contributed by atoms with Gasteiger partial charge in [0.05, 0.1) is 16.5 Å². The largest absolute Gasteiger partial charge is 0.507 e. The standard InChI is InChI=1S/C21H17FN2O7/c22-14-7-3-13(4-8-14)19(27)17-18(12-5-9-15(10-6-12)24(30)31)23(21(29)20(17)28)11-1-2-16(25)26/h3-10,18,27H,1-2,11H2,(H,25,26). The number of aliphatic hydroxyl groups excluding tert-OH is 1. The Kier molecular flexibility index (Phi) is 6.10. The van der Waals surface area contributed by atoms with E-state index in [9.17, 15) is 34.0 Å². The van der Waals surface area contributed by atoms with Crippen LogP contribution in [0.5, 0.6) is 0 Å². The monoisotopic (exact) mass is 428 g/mol. The average molecular weight is 428 g/mol. The van der Waals surface area contributed by atoms with Crippen molar-refractivity contribution in [3.63, 3.8) is 0 Å². The first-order chi connectivity index (χ1) is 14.7. The Hall–Kier alpha value is -4.08. The fourth-order valence-corrected chi connectivity index (χ4v) is 3.40. The van der Waals surface area contributed by atoms with Gasteiger partial charge >= 0.3 is 5.97 Å². The molecule has 2 aromatic carbocycles. The van der Waals surface area contributed by atoms with Crippen LogP contribution in [0.25, 0.3) is 5.76 Å². The van der Waals surface area contributed by atoms with Crippen LogP contribution in [0.4, 0.5) is 10.1 Å². The highest BCUT2D eigenvalue weighted by atomic mass is 19.1. The molecule has 1 atom stereocenters. The number of halogens is 1. The molecular weight excluding hydrogens is 411 g/mol. The summed E-state index contributed by atoms with van der Waals surface area (Å²) in [5.74, 6) is -4.08. The van der Waals surface area contributed by atoms with Crippen LogP contribution in [0.1, 0.15) is 30.0 Å². The number of non-ortho nitro benzene ring substituents is 1. The van der Waals surface area contributed by atoms with Crippen LogP contribution >= 0.6 is 0 Å². The molecule has 160 valence electrons. The molecule has 1 saturated heterocycles. The minimum absolute atomic E-state index is 0.0580. The van der Waals surface area contributed by atoms with Crippen molar-refractivity contribution in [2.24, 2.45) is 0 Å². The number of carboxylic acids is 1. The number of likely N-dealkylation sites (tertiary alicyclic amines) is 1. The van der Waals surface area contributed by atoms with Gasteiger partial charge in [-0.2, -0.15) is 0 Å². The van der Waals surface area contributed by atoms with Crippen molar-refractivity contribution in [1.82, 2.24) is 4.90 Å². The molecule has 0 bridgehead atoms. The Bertz CT molecular complexity index is 1080. The van der Waals surface area contributed by atoms with Crippen molar-refractivity contribution in [2.75, 3.05) is 6.54 Å². The lowest BCUT2D eigenvalue weighted by atomic mass is 9.95. The molecule has 1 fully saturated rings. The fourth-order valence-electron chi connectivity index (χ4n) is 3.40. The third-order valence-electron chi connectivity index (χ3n) is 4.87. The van der Waals surface area contributed by atoms with E-state index in [0.29, 0.717) is 5.56 Å². The summed E-state index contributed by atoms with van der Waals surface area (Å²) in [6.07, 6.45) is -0.184. The second-order valence-electron chi connectivity index (χ2n) is 6.85. The van der Waals surface area contributed by atoms with Crippen molar-refractivity contribution in [3.05, 3.63) is 81.2 Å². The highest BCUT2D eigenvalue weighted by Crippen LogP contribution is 2.39. The van der Waals surface area contributed by atoms with Gasteiger partial charge in [-0.05, 0) is 48.4 Å². The van der Waals surface area contributed by atoms with Crippen LogP contribution in [0.2, 0.25) is 0 Å². The number of hydrogen-bond acceptors (Lipinski definition) is 6. The van der Waals surface area contributed by atoms with Gasteiger partial charge in [0.2, 0.25) is 0 Å². The molecule has 1 unspecified atom stereocenters. The van der Waals surface area contributed by atoms with Crippen LogP contribution in [0.15, 0.2) is 54.1 Å². The number of carboxylic acid groups (broad SMARTS) is 1. The molecule has 3 rings (SSSR count). The second kappa shape index (κ2) is 8.74. The number of nitro groups is 1. The van der Waals surface area contributed by atoms with Gasteiger partial charge in [-0.1, -0.05) is 0 Å². The van der Waals surface area contributed by atoms with Crippen LogP contribution in [-0.4, -0.2) is 44.2 Å². The average Bonchev–Trinajstić information content (AvgIpc) is 2.98. The van der Waals surface area contributed by atoms with E-state index in [0.717, 1.165) is 17.0 Å². The molecule has 0 radical (unpaired) electrons. The highest BCUT2D eigenvalue weighted by molar-refractivity contribution is 6.46. The number of ketones is 1. The van der Waals surface area contributed by atoms with E-state index in [1.54, 1.807) is 0 Å². The Balaban J connectivity index is 2.10. The summed E-state index contributed by atoms with van der Waals surface area (Å²) in [6, 6.07) is 8.69. The van der Waals surface area contributed by atoms with E-state index in [4.69, 9.17) is 5.11 Å². The summed E-state index contributed by atoms with van der Waals surface area (Å²) >= 11 is 0. The number of nitro benzene ring substituents is 1. The molecule has 0 saturated carbocycles. The minimum Gasteiger partial charge on any atom is -0.507 e. The van der Waals surface area contributed by atoms with E-state index >= 15 is 0 Å². The molecule has 1 amide bonds. The fraction of sp³-hybridized carbons (Fsp3) is 0.190. The Morgan fingerprint density at radius 2 is 1.68 bits per heavy atom. The summed E-state index contributed by atoms with van der Waals surface area (Å²) in [5.41, 5.74) is -0.0356. The van der Waals surface area contributed by atoms with E-state index in [-0.39, 0.29) is 36.2 Å². The maximum Gasteiger partial charge on any atom is 0.303 e. The zero-order valence-electron chi connectivity index (χ0n) is 16.0. The smallest absolute Gasteiger partial charge is 0.303 e. The summed E-state index contributed by atoms with van der Waals surface area (Å²) < 4.78 is 13.2. The number of Topliss-reactive ketones (excluding diaryl/α,β-unsaturated/α-hetero) is 1. The Morgan fingerprint density at radius 3 is 2.23 bits per heavy atom. The number of nitrogens with zero attached hydrogens (tertiary/aromatic N) is 2. The Labute approximate surface area is 175 Å². The summed E-state index contributed by atoms with van der Waals surface area (Å²) in [7, 11) is 0. The molecule has 0 aromatic heterocycles. The number of hydrogen-bond donors (Lipinski definition) is 2. The van der Waals surface area contributed by atoms with Crippen LogP contribution in [0.3, 0.4) is 0 Å².